The third kappa shape index (κ3) is 3.98. The summed E-state index contributed by atoms with van der Waals surface area (Å²) in [6, 6.07) is 5.41. The Morgan fingerprint density at radius 3 is 2.79 bits per heavy atom. The molecule has 3 nitrogen and oxygen atoms in total. The fourth-order valence-electron chi connectivity index (χ4n) is 1.02. The molecule has 0 aliphatic carbocycles. The van der Waals surface area contributed by atoms with Crippen molar-refractivity contribution in [2.24, 2.45) is 0 Å². The van der Waals surface area contributed by atoms with Gasteiger partial charge in [0.2, 0.25) is 0 Å². The summed E-state index contributed by atoms with van der Waals surface area (Å²) >= 11 is 3.32. The van der Waals surface area contributed by atoms with Crippen LogP contribution in [0.5, 0.6) is 5.75 Å². The van der Waals surface area contributed by atoms with Gasteiger partial charge >= 0.3 is 0 Å². The van der Waals surface area contributed by atoms with Crippen LogP contribution in [0.4, 0.5) is 5.69 Å². The predicted octanol–water partition coefficient (Wildman–Crippen LogP) is 2.18. The molecule has 14 heavy (non-hydrogen) atoms. The van der Waals surface area contributed by atoms with Gasteiger partial charge in [-0.05, 0) is 19.1 Å². The van der Waals surface area contributed by atoms with E-state index in [0.29, 0.717) is 18.7 Å². The zero-order valence-electron chi connectivity index (χ0n) is 8.03. The highest BCUT2D eigenvalue weighted by molar-refractivity contribution is 9.10. The van der Waals surface area contributed by atoms with E-state index in [1.165, 1.54) is 0 Å². The first kappa shape index (κ1) is 11.3. The summed E-state index contributed by atoms with van der Waals surface area (Å²) in [6.07, 6.45) is 0.284. The van der Waals surface area contributed by atoms with Crippen LogP contribution in [0.2, 0.25) is 0 Å². The van der Waals surface area contributed by atoms with Gasteiger partial charge in [0, 0.05) is 22.6 Å². The molecule has 78 valence electrons. The van der Waals surface area contributed by atoms with Crippen LogP contribution in [0.25, 0.3) is 0 Å². The lowest BCUT2D eigenvalue weighted by molar-refractivity contribution is 0.155. The van der Waals surface area contributed by atoms with Crippen LogP contribution in [-0.2, 0) is 0 Å². The van der Waals surface area contributed by atoms with E-state index in [9.17, 15) is 0 Å². The SMILES string of the molecule is CC(O)CCOc1cc(N)cc(Br)c1. The minimum Gasteiger partial charge on any atom is -0.493 e. The van der Waals surface area contributed by atoms with Gasteiger partial charge in [-0.15, -0.1) is 0 Å². The summed E-state index contributed by atoms with van der Waals surface area (Å²) in [5.41, 5.74) is 6.29. The minimum atomic E-state index is -0.334. The minimum absolute atomic E-state index is 0.334. The molecule has 3 N–H and O–H groups in total. The lowest BCUT2D eigenvalue weighted by atomic mass is 10.3. The number of nitrogen functional groups attached to an aromatic ring is 1. The molecule has 4 heteroatoms. The molecule has 0 amide bonds. The molecular weight excluding hydrogens is 246 g/mol. The van der Waals surface area contributed by atoms with Crippen LogP contribution >= 0.6 is 15.9 Å². The lowest BCUT2D eigenvalue weighted by Crippen LogP contribution is -2.07. The number of hydrogen-bond acceptors (Lipinski definition) is 3. The van der Waals surface area contributed by atoms with Gasteiger partial charge in [-0.3, -0.25) is 0 Å². The number of hydrogen-bond donors (Lipinski definition) is 2. The molecule has 1 atom stereocenters. The molecule has 0 saturated carbocycles. The van der Waals surface area contributed by atoms with E-state index < -0.39 is 0 Å². The molecule has 0 saturated heterocycles. The molecule has 0 radical (unpaired) electrons. The van der Waals surface area contributed by atoms with E-state index in [2.05, 4.69) is 15.9 Å². The van der Waals surface area contributed by atoms with Crippen LogP contribution in [-0.4, -0.2) is 17.8 Å². The monoisotopic (exact) mass is 259 g/mol. The summed E-state index contributed by atoms with van der Waals surface area (Å²) in [6.45, 7) is 2.23. The van der Waals surface area contributed by atoms with Crippen LogP contribution in [0.1, 0.15) is 13.3 Å². The number of benzene rings is 1. The Labute approximate surface area is 92.0 Å². The van der Waals surface area contributed by atoms with Crippen molar-refractivity contribution in [3.63, 3.8) is 0 Å². The standard InChI is InChI=1S/C10H14BrNO2/c1-7(13)2-3-14-10-5-8(11)4-9(12)6-10/h4-7,13H,2-3,12H2,1H3. The van der Waals surface area contributed by atoms with Gasteiger partial charge in [0.05, 0.1) is 12.7 Å². The predicted molar refractivity (Wildman–Crippen MR) is 60.3 cm³/mol. The molecule has 0 heterocycles. The van der Waals surface area contributed by atoms with Crippen molar-refractivity contribution in [2.45, 2.75) is 19.4 Å². The van der Waals surface area contributed by atoms with E-state index >= 15 is 0 Å². The van der Waals surface area contributed by atoms with Crippen molar-refractivity contribution >= 4 is 21.6 Å². The largest absolute Gasteiger partial charge is 0.493 e. The Hall–Kier alpha value is -0.740. The number of aliphatic hydroxyl groups excluding tert-OH is 1. The van der Waals surface area contributed by atoms with Crippen molar-refractivity contribution in [1.82, 2.24) is 0 Å². The maximum Gasteiger partial charge on any atom is 0.122 e. The smallest absolute Gasteiger partial charge is 0.122 e. The van der Waals surface area contributed by atoms with Crippen LogP contribution < -0.4 is 10.5 Å². The summed E-state index contributed by atoms with van der Waals surface area (Å²) in [4.78, 5) is 0. The summed E-state index contributed by atoms with van der Waals surface area (Å²) in [5, 5.41) is 9.03. The second-order valence-electron chi connectivity index (χ2n) is 3.21. The molecule has 1 aromatic rings. The van der Waals surface area contributed by atoms with Gasteiger partial charge < -0.3 is 15.6 Å². The fraction of sp³-hybridized carbons (Fsp3) is 0.400. The Morgan fingerprint density at radius 2 is 2.21 bits per heavy atom. The number of anilines is 1. The third-order valence-corrected chi connectivity index (χ3v) is 2.16. The number of rotatable bonds is 4. The van der Waals surface area contributed by atoms with Crippen molar-refractivity contribution in [3.05, 3.63) is 22.7 Å². The quantitative estimate of drug-likeness (QED) is 0.816. The summed E-state index contributed by atoms with van der Waals surface area (Å²) < 4.78 is 6.30. The first-order valence-electron chi connectivity index (χ1n) is 4.45. The summed E-state index contributed by atoms with van der Waals surface area (Å²) in [5.74, 6) is 0.720. The molecule has 1 unspecified atom stereocenters. The number of ether oxygens (including phenoxy) is 1. The molecule has 1 aromatic carbocycles. The molecule has 0 spiro atoms. The highest BCUT2D eigenvalue weighted by atomic mass is 79.9. The summed E-state index contributed by atoms with van der Waals surface area (Å²) in [7, 11) is 0. The molecule has 0 aliphatic rings. The van der Waals surface area contributed by atoms with E-state index in [-0.39, 0.29) is 6.10 Å². The van der Waals surface area contributed by atoms with Crippen molar-refractivity contribution < 1.29 is 9.84 Å². The normalized spacial score (nSPS) is 12.5. The van der Waals surface area contributed by atoms with E-state index in [1.54, 1.807) is 13.0 Å². The Bertz CT molecular complexity index is 282. The highest BCUT2D eigenvalue weighted by Gasteiger charge is 1.99. The molecule has 0 aromatic heterocycles. The van der Waals surface area contributed by atoms with Crippen LogP contribution in [0, 0.1) is 0 Å². The second kappa shape index (κ2) is 5.22. The first-order valence-corrected chi connectivity index (χ1v) is 5.24. The van der Waals surface area contributed by atoms with E-state index in [0.717, 1.165) is 10.2 Å². The van der Waals surface area contributed by atoms with Crippen molar-refractivity contribution in [1.29, 1.82) is 0 Å². The molecule has 1 rings (SSSR count). The van der Waals surface area contributed by atoms with Crippen molar-refractivity contribution in [2.75, 3.05) is 12.3 Å². The van der Waals surface area contributed by atoms with Gasteiger partial charge in [0.1, 0.15) is 5.75 Å². The Morgan fingerprint density at radius 1 is 1.50 bits per heavy atom. The average Bonchev–Trinajstić information content (AvgIpc) is 2.01. The zero-order valence-corrected chi connectivity index (χ0v) is 9.62. The van der Waals surface area contributed by atoms with Gasteiger partial charge in [0.25, 0.3) is 0 Å². The Balaban J connectivity index is 2.50. The van der Waals surface area contributed by atoms with E-state index in [1.807, 2.05) is 12.1 Å². The fourth-order valence-corrected chi connectivity index (χ4v) is 1.51. The maximum absolute atomic E-state index is 9.03. The third-order valence-electron chi connectivity index (χ3n) is 1.70. The van der Waals surface area contributed by atoms with E-state index in [4.69, 9.17) is 15.6 Å². The second-order valence-corrected chi connectivity index (χ2v) is 4.12. The van der Waals surface area contributed by atoms with Gasteiger partial charge in [-0.1, -0.05) is 15.9 Å². The molecule has 0 aliphatic heterocycles. The van der Waals surface area contributed by atoms with Gasteiger partial charge in [0.15, 0.2) is 0 Å². The highest BCUT2D eigenvalue weighted by Crippen LogP contribution is 2.22. The number of nitrogens with two attached hydrogens (primary N) is 1. The van der Waals surface area contributed by atoms with Crippen molar-refractivity contribution in [3.8, 4) is 5.75 Å². The Kier molecular flexibility index (Phi) is 4.22. The molecule has 0 fully saturated rings. The topological polar surface area (TPSA) is 55.5 Å². The van der Waals surface area contributed by atoms with Crippen LogP contribution in [0.15, 0.2) is 22.7 Å². The van der Waals surface area contributed by atoms with Gasteiger partial charge in [-0.2, -0.15) is 0 Å². The number of aliphatic hydroxyl groups is 1. The maximum atomic E-state index is 9.03. The molecular formula is C10H14BrNO2. The zero-order chi connectivity index (χ0) is 10.6. The molecule has 0 bridgehead atoms. The number of halogens is 1. The first-order chi connectivity index (χ1) is 6.58. The lowest BCUT2D eigenvalue weighted by Gasteiger charge is -2.08. The van der Waals surface area contributed by atoms with Crippen LogP contribution in [0.3, 0.4) is 0 Å². The van der Waals surface area contributed by atoms with Gasteiger partial charge in [-0.25, -0.2) is 0 Å². The average molecular weight is 260 g/mol.